The number of benzene rings is 1. The van der Waals surface area contributed by atoms with Crippen molar-refractivity contribution in [2.75, 3.05) is 38.7 Å². The van der Waals surface area contributed by atoms with Crippen LogP contribution >= 0.6 is 24.0 Å². The number of allylic oxidation sites excluding steroid dienone is 2. The average molecular weight is 455 g/mol. The topological polar surface area (TPSA) is 77.4 Å². The first-order valence-electron chi connectivity index (χ1n) is 9.98. The Hall–Kier alpha value is -2.57. The number of para-hydroxylation sites is 1. The first-order valence-corrected chi connectivity index (χ1v) is 11.3. The Balaban J connectivity index is 0.000000330. The Morgan fingerprint density at radius 3 is 2.52 bits per heavy atom. The molecule has 31 heavy (non-hydrogen) atoms. The maximum Gasteiger partial charge on any atom is 0.254 e. The molecule has 1 aromatic heterocycles. The summed E-state index contributed by atoms with van der Waals surface area (Å²) in [4.78, 5) is 16.1. The van der Waals surface area contributed by atoms with Crippen molar-refractivity contribution in [1.82, 2.24) is 10.2 Å². The molecule has 1 fully saturated rings. The van der Waals surface area contributed by atoms with Crippen molar-refractivity contribution in [2.45, 2.75) is 12.8 Å². The van der Waals surface area contributed by atoms with E-state index in [2.05, 4.69) is 41.3 Å². The molecule has 4 rings (SSSR count). The summed E-state index contributed by atoms with van der Waals surface area (Å²) in [5.41, 5.74) is 2.40. The zero-order valence-electron chi connectivity index (χ0n) is 17.6. The number of thiophene rings is 1. The molecule has 162 valence electrons. The number of ether oxygens (including phenoxy) is 1. The first kappa shape index (κ1) is 23.1. The van der Waals surface area contributed by atoms with Crippen molar-refractivity contribution >= 4 is 35.6 Å². The molecule has 1 atom stereocenters. The van der Waals surface area contributed by atoms with Crippen LogP contribution in [0.5, 0.6) is 0 Å². The van der Waals surface area contributed by atoms with Gasteiger partial charge in [0.25, 0.3) is 5.91 Å². The lowest BCUT2D eigenvalue weighted by Crippen LogP contribution is -2.32. The minimum Gasteiger partial charge on any atom is -0.379 e. The van der Waals surface area contributed by atoms with E-state index in [1.165, 1.54) is 11.3 Å². The molecule has 0 aliphatic carbocycles. The number of nitriles is 1. The van der Waals surface area contributed by atoms with Gasteiger partial charge in [-0.1, -0.05) is 24.3 Å². The van der Waals surface area contributed by atoms with Crippen molar-refractivity contribution in [3.8, 4) is 6.07 Å². The van der Waals surface area contributed by atoms with Crippen molar-refractivity contribution in [1.29, 1.82) is 5.26 Å². The number of dihydropyridines is 1. The molecule has 1 saturated heterocycles. The molecule has 2 aromatic rings. The predicted octanol–water partition coefficient (Wildman–Crippen LogP) is 3.96. The average Bonchev–Trinajstić information content (AvgIpc) is 3.29. The van der Waals surface area contributed by atoms with E-state index in [0.29, 0.717) is 27.6 Å². The van der Waals surface area contributed by atoms with Gasteiger partial charge in [0, 0.05) is 34.9 Å². The summed E-state index contributed by atoms with van der Waals surface area (Å²) in [7, 11) is 2.11. The van der Waals surface area contributed by atoms with E-state index in [-0.39, 0.29) is 5.91 Å². The molecular formula is C23H26N4O2S2. The van der Waals surface area contributed by atoms with Gasteiger partial charge in [-0.15, -0.1) is 24.0 Å². The Kier molecular flexibility index (Phi) is 8.32. The van der Waals surface area contributed by atoms with Gasteiger partial charge in [-0.25, -0.2) is 0 Å². The standard InChI is InChI=1S/C18H15N3OS2.C5H11NO/c1-11-15(17(22)21-12-6-3-2-4-7-12)16(14-8-5-9-24-14)13(10-19)18(23)20-11;1-6-2-4-7-5-3-6/h2-9,16,20,23H,1H3,(H,21,22);2-5H2,1H3. The van der Waals surface area contributed by atoms with Gasteiger partial charge >= 0.3 is 0 Å². The van der Waals surface area contributed by atoms with Gasteiger partial charge in [0.2, 0.25) is 0 Å². The van der Waals surface area contributed by atoms with E-state index in [1.807, 2.05) is 54.8 Å². The number of hydrogen-bond acceptors (Lipinski definition) is 7. The number of anilines is 1. The number of likely N-dealkylation sites (N-methyl/N-ethyl adjacent to an activating group) is 1. The van der Waals surface area contributed by atoms with Gasteiger partial charge < -0.3 is 20.3 Å². The normalized spacial score (nSPS) is 19.1. The molecule has 0 saturated carbocycles. The Morgan fingerprint density at radius 2 is 1.97 bits per heavy atom. The number of nitrogens with one attached hydrogen (secondary N) is 2. The third kappa shape index (κ3) is 5.99. The van der Waals surface area contributed by atoms with Crippen LogP contribution in [0.25, 0.3) is 0 Å². The van der Waals surface area contributed by atoms with E-state index >= 15 is 0 Å². The summed E-state index contributed by atoms with van der Waals surface area (Å²) in [6, 6.07) is 15.3. The van der Waals surface area contributed by atoms with Crippen LogP contribution in [-0.2, 0) is 9.53 Å². The van der Waals surface area contributed by atoms with Gasteiger partial charge in [-0.05, 0) is 37.6 Å². The molecule has 1 aromatic carbocycles. The van der Waals surface area contributed by atoms with Crippen LogP contribution in [0, 0.1) is 11.3 Å². The number of morpholine rings is 1. The Morgan fingerprint density at radius 1 is 1.26 bits per heavy atom. The molecular weight excluding hydrogens is 428 g/mol. The highest BCUT2D eigenvalue weighted by molar-refractivity contribution is 7.84. The summed E-state index contributed by atoms with van der Waals surface area (Å²) in [5.74, 6) is -0.634. The highest BCUT2D eigenvalue weighted by atomic mass is 32.1. The molecule has 3 heterocycles. The fourth-order valence-corrected chi connectivity index (χ4v) is 4.53. The summed E-state index contributed by atoms with van der Waals surface area (Å²) in [5, 5.41) is 17.9. The zero-order chi connectivity index (χ0) is 22.2. The second-order valence-electron chi connectivity index (χ2n) is 7.22. The molecule has 0 bridgehead atoms. The summed E-state index contributed by atoms with van der Waals surface area (Å²) in [6.07, 6.45) is 0. The van der Waals surface area contributed by atoms with Crippen LogP contribution in [0.2, 0.25) is 0 Å². The number of amides is 1. The van der Waals surface area contributed by atoms with Gasteiger partial charge in [0.15, 0.2) is 0 Å². The van der Waals surface area contributed by atoms with Gasteiger partial charge in [-0.3, -0.25) is 4.79 Å². The number of carbonyl (C=O) groups is 1. The molecule has 1 amide bonds. The number of carbonyl (C=O) groups excluding carboxylic acids is 1. The minimum atomic E-state index is -0.410. The summed E-state index contributed by atoms with van der Waals surface area (Å²) in [6.45, 7) is 5.85. The fourth-order valence-electron chi connectivity index (χ4n) is 3.34. The van der Waals surface area contributed by atoms with E-state index in [0.717, 1.165) is 31.2 Å². The third-order valence-electron chi connectivity index (χ3n) is 5.00. The van der Waals surface area contributed by atoms with Crippen molar-refractivity contribution in [3.05, 3.63) is 74.6 Å². The third-order valence-corrected chi connectivity index (χ3v) is 6.29. The largest absolute Gasteiger partial charge is 0.379 e. The molecule has 2 aliphatic heterocycles. The molecule has 2 aliphatic rings. The van der Waals surface area contributed by atoms with Gasteiger partial charge in [0.1, 0.15) is 0 Å². The number of hydrogen-bond donors (Lipinski definition) is 3. The number of nitrogens with zero attached hydrogens (tertiary/aromatic N) is 2. The van der Waals surface area contributed by atoms with E-state index in [1.54, 1.807) is 0 Å². The SMILES string of the molecule is CC1=C(C(=O)Nc2ccccc2)C(c2cccs2)C(C#N)=C(S)N1.CN1CCOCC1. The van der Waals surface area contributed by atoms with Crippen molar-refractivity contribution < 1.29 is 9.53 Å². The lowest BCUT2D eigenvalue weighted by molar-refractivity contribution is -0.113. The van der Waals surface area contributed by atoms with Crippen LogP contribution in [0.1, 0.15) is 17.7 Å². The molecule has 8 heteroatoms. The molecule has 6 nitrogen and oxygen atoms in total. The smallest absolute Gasteiger partial charge is 0.254 e. The van der Waals surface area contributed by atoms with E-state index in [9.17, 15) is 10.1 Å². The Bertz CT molecular complexity index is 988. The highest BCUT2D eigenvalue weighted by Crippen LogP contribution is 2.40. The quantitative estimate of drug-likeness (QED) is 0.612. The number of rotatable bonds is 3. The van der Waals surface area contributed by atoms with E-state index in [4.69, 9.17) is 4.74 Å². The molecule has 0 radical (unpaired) electrons. The molecule has 2 N–H and O–H groups in total. The second kappa shape index (κ2) is 11.2. The predicted molar refractivity (Wildman–Crippen MR) is 128 cm³/mol. The van der Waals surface area contributed by atoms with Crippen LogP contribution in [0.15, 0.2) is 69.7 Å². The lowest BCUT2D eigenvalue weighted by Gasteiger charge is -2.27. The fraction of sp³-hybridized carbons (Fsp3) is 0.304. The van der Waals surface area contributed by atoms with Gasteiger partial charge in [0.05, 0.1) is 35.8 Å². The molecule has 0 spiro atoms. The van der Waals surface area contributed by atoms with E-state index < -0.39 is 5.92 Å². The Labute approximate surface area is 192 Å². The number of thiol groups is 1. The maximum absolute atomic E-state index is 12.9. The summed E-state index contributed by atoms with van der Waals surface area (Å²) >= 11 is 5.90. The minimum absolute atomic E-state index is 0.224. The van der Waals surface area contributed by atoms with Gasteiger partial charge in [-0.2, -0.15) is 5.26 Å². The van der Waals surface area contributed by atoms with Crippen LogP contribution in [-0.4, -0.2) is 44.2 Å². The molecule has 1 unspecified atom stereocenters. The van der Waals surface area contributed by atoms with Crippen LogP contribution in [0.3, 0.4) is 0 Å². The summed E-state index contributed by atoms with van der Waals surface area (Å²) < 4.78 is 5.10. The van der Waals surface area contributed by atoms with Crippen LogP contribution < -0.4 is 10.6 Å². The maximum atomic E-state index is 12.9. The second-order valence-corrected chi connectivity index (χ2v) is 8.65. The lowest BCUT2D eigenvalue weighted by atomic mass is 9.86. The first-order chi connectivity index (χ1) is 15.0. The van der Waals surface area contributed by atoms with Crippen molar-refractivity contribution in [3.63, 3.8) is 0 Å². The highest BCUT2D eigenvalue weighted by Gasteiger charge is 2.34. The van der Waals surface area contributed by atoms with Crippen LogP contribution in [0.4, 0.5) is 5.69 Å². The zero-order valence-corrected chi connectivity index (χ0v) is 19.3. The monoisotopic (exact) mass is 454 g/mol. The van der Waals surface area contributed by atoms with Crippen molar-refractivity contribution in [2.24, 2.45) is 0 Å².